The molecular weight excluding hydrogens is 479 g/mol. The molecule has 2 aromatic rings. The zero-order valence-corrected chi connectivity index (χ0v) is 20.3. The Bertz CT molecular complexity index is 781. The molecule has 0 aliphatic rings. The second kappa shape index (κ2) is 13.3. The molecule has 0 saturated carbocycles. The molecule has 0 heterocycles. The summed E-state index contributed by atoms with van der Waals surface area (Å²) in [7, 11) is 7.53. The van der Waals surface area contributed by atoms with E-state index in [4.69, 9.17) is 9.47 Å². The van der Waals surface area contributed by atoms with E-state index in [1.165, 1.54) is 16.8 Å². The van der Waals surface area contributed by atoms with Crippen LogP contribution >= 0.6 is 24.0 Å². The maximum Gasteiger partial charge on any atom is 0.191 e. The first-order valence-electron chi connectivity index (χ1n) is 9.45. The number of rotatable bonds is 9. The lowest BCUT2D eigenvalue weighted by molar-refractivity contribution is 0.145. The molecule has 0 aliphatic carbocycles. The van der Waals surface area contributed by atoms with Crippen molar-refractivity contribution in [3.8, 4) is 5.75 Å². The van der Waals surface area contributed by atoms with Crippen molar-refractivity contribution >= 4 is 35.6 Å². The molecule has 0 bridgehead atoms. The topological polar surface area (TPSA) is 58.1 Å². The van der Waals surface area contributed by atoms with Crippen LogP contribution in [0.1, 0.15) is 16.7 Å². The van der Waals surface area contributed by atoms with Gasteiger partial charge in [0.1, 0.15) is 12.4 Å². The predicted molar refractivity (Wildman–Crippen MR) is 132 cm³/mol. The van der Waals surface area contributed by atoms with E-state index in [-0.39, 0.29) is 24.0 Å². The van der Waals surface area contributed by atoms with Crippen LogP contribution in [0.2, 0.25) is 0 Å². The van der Waals surface area contributed by atoms with E-state index in [0.29, 0.717) is 26.3 Å². The van der Waals surface area contributed by atoms with Gasteiger partial charge in [0, 0.05) is 52.6 Å². The van der Waals surface area contributed by atoms with Crippen molar-refractivity contribution in [3.63, 3.8) is 0 Å². The molecule has 0 spiro atoms. The molecule has 0 aliphatic heterocycles. The van der Waals surface area contributed by atoms with Crippen molar-refractivity contribution in [2.24, 2.45) is 4.99 Å². The van der Waals surface area contributed by atoms with Gasteiger partial charge in [-0.05, 0) is 36.2 Å². The molecule has 0 unspecified atom stereocenters. The van der Waals surface area contributed by atoms with Crippen molar-refractivity contribution in [3.05, 3.63) is 59.2 Å². The van der Waals surface area contributed by atoms with E-state index >= 15 is 0 Å². The van der Waals surface area contributed by atoms with Crippen LogP contribution in [-0.2, 0) is 17.8 Å². The Morgan fingerprint density at radius 3 is 2.48 bits per heavy atom. The summed E-state index contributed by atoms with van der Waals surface area (Å²) in [6.07, 6.45) is 0. The van der Waals surface area contributed by atoms with Crippen molar-refractivity contribution in [2.75, 3.05) is 46.4 Å². The highest BCUT2D eigenvalue weighted by molar-refractivity contribution is 14.0. The summed E-state index contributed by atoms with van der Waals surface area (Å²) in [5.41, 5.74) is 4.63. The fourth-order valence-corrected chi connectivity index (χ4v) is 2.71. The average molecular weight is 512 g/mol. The molecule has 0 aromatic heterocycles. The molecule has 29 heavy (non-hydrogen) atoms. The van der Waals surface area contributed by atoms with Crippen LogP contribution in [0.3, 0.4) is 0 Å². The van der Waals surface area contributed by atoms with E-state index < -0.39 is 0 Å². The molecule has 160 valence electrons. The van der Waals surface area contributed by atoms with Crippen LogP contribution in [0, 0.1) is 6.92 Å². The second-order valence-electron chi connectivity index (χ2n) is 6.80. The number of aryl methyl sites for hydroxylation is 1. The lowest BCUT2D eigenvalue weighted by Gasteiger charge is -2.16. The number of nitrogens with zero attached hydrogens (tertiary/aromatic N) is 2. The maximum atomic E-state index is 5.86. The Labute approximate surface area is 191 Å². The molecule has 2 aromatic carbocycles. The standard InChI is InChI=1S/C22H32N4O2.HI/c1-17-9-10-19(21(13-17)28-12-11-27-5)16-25-22(23-2)24-15-18-7-6-8-20(14-18)26(3)4;/h6-10,13-14H,11-12,15-16H2,1-5H3,(H2,23,24,25);1H. The molecule has 0 fully saturated rings. The van der Waals surface area contributed by atoms with E-state index in [2.05, 4.69) is 69.9 Å². The summed E-state index contributed by atoms with van der Waals surface area (Å²) in [6.45, 7) is 4.48. The lowest BCUT2D eigenvalue weighted by Crippen LogP contribution is -2.36. The van der Waals surface area contributed by atoms with Gasteiger partial charge in [-0.25, -0.2) is 0 Å². The Morgan fingerprint density at radius 1 is 1.03 bits per heavy atom. The van der Waals surface area contributed by atoms with Gasteiger partial charge in [-0.2, -0.15) is 0 Å². The molecule has 0 amide bonds. The number of ether oxygens (including phenoxy) is 2. The number of guanidine groups is 1. The van der Waals surface area contributed by atoms with Gasteiger partial charge in [0.15, 0.2) is 5.96 Å². The van der Waals surface area contributed by atoms with Crippen LogP contribution in [-0.4, -0.2) is 47.4 Å². The predicted octanol–water partition coefficient (Wildman–Crippen LogP) is 3.57. The number of halogens is 1. The van der Waals surface area contributed by atoms with Crippen LogP contribution in [0.25, 0.3) is 0 Å². The highest BCUT2D eigenvalue weighted by Crippen LogP contribution is 2.20. The summed E-state index contributed by atoms with van der Waals surface area (Å²) >= 11 is 0. The number of hydrogen-bond donors (Lipinski definition) is 2. The highest BCUT2D eigenvalue weighted by Gasteiger charge is 2.06. The van der Waals surface area contributed by atoms with Crippen molar-refractivity contribution < 1.29 is 9.47 Å². The summed E-state index contributed by atoms with van der Waals surface area (Å²) in [4.78, 5) is 6.42. The molecule has 7 heteroatoms. The Hall–Kier alpha value is -2.00. The SMILES string of the molecule is CN=C(NCc1cccc(N(C)C)c1)NCc1ccc(C)cc1OCCOC.I. The van der Waals surface area contributed by atoms with Crippen molar-refractivity contribution in [2.45, 2.75) is 20.0 Å². The van der Waals surface area contributed by atoms with Gasteiger partial charge in [-0.1, -0.05) is 24.3 Å². The average Bonchev–Trinajstić information content (AvgIpc) is 2.69. The molecule has 0 radical (unpaired) electrons. The summed E-state index contributed by atoms with van der Waals surface area (Å²) in [5, 5.41) is 6.73. The first-order chi connectivity index (χ1) is 13.5. The minimum Gasteiger partial charge on any atom is -0.491 e. The van der Waals surface area contributed by atoms with Gasteiger partial charge >= 0.3 is 0 Å². The third kappa shape index (κ3) is 8.49. The third-order valence-corrected chi connectivity index (χ3v) is 4.32. The number of methoxy groups -OCH3 is 1. The molecule has 0 atom stereocenters. The summed E-state index contributed by atoms with van der Waals surface area (Å²) in [6, 6.07) is 14.7. The van der Waals surface area contributed by atoms with Crippen LogP contribution in [0.5, 0.6) is 5.75 Å². The summed E-state index contributed by atoms with van der Waals surface area (Å²) in [5.74, 6) is 1.62. The monoisotopic (exact) mass is 512 g/mol. The first kappa shape index (κ1) is 25.0. The zero-order valence-electron chi connectivity index (χ0n) is 18.0. The minimum absolute atomic E-state index is 0. The fraction of sp³-hybridized carbons (Fsp3) is 0.409. The zero-order chi connectivity index (χ0) is 20.4. The Kier molecular flexibility index (Phi) is 11.5. The molecule has 0 saturated heterocycles. The smallest absolute Gasteiger partial charge is 0.191 e. The van der Waals surface area contributed by atoms with E-state index in [1.807, 2.05) is 14.1 Å². The maximum absolute atomic E-state index is 5.86. The van der Waals surface area contributed by atoms with Gasteiger partial charge in [0.2, 0.25) is 0 Å². The van der Waals surface area contributed by atoms with Gasteiger partial charge in [0.25, 0.3) is 0 Å². The molecule has 6 nitrogen and oxygen atoms in total. The third-order valence-electron chi connectivity index (χ3n) is 4.32. The van der Waals surface area contributed by atoms with Crippen LogP contribution in [0.15, 0.2) is 47.5 Å². The van der Waals surface area contributed by atoms with Crippen LogP contribution in [0.4, 0.5) is 5.69 Å². The van der Waals surface area contributed by atoms with Gasteiger partial charge in [-0.3, -0.25) is 4.99 Å². The minimum atomic E-state index is 0. The van der Waals surface area contributed by atoms with E-state index in [9.17, 15) is 0 Å². The van der Waals surface area contributed by atoms with Crippen LogP contribution < -0.4 is 20.3 Å². The fourth-order valence-electron chi connectivity index (χ4n) is 2.71. The first-order valence-corrected chi connectivity index (χ1v) is 9.45. The number of anilines is 1. The Balaban J connectivity index is 0.00000420. The number of benzene rings is 2. The number of hydrogen-bond acceptors (Lipinski definition) is 4. The van der Waals surface area contributed by atoms with Crippen molar-refractivity contribution in [1.82, 2.24) is 10.6 Å². The normalized spacial score (nSPS) is 10.9. The number of nitrogens with one attached hydrogen (secondary N) is 2. The largest absolute Gasteiger partial charge is 0.491 e. The van der Waals surface area contributed by atoms with E-state index in [1.54, 1.807) is 14.2 Å². The Morgan fingerprint density at radius 2 is 1.79 bits per heavy atom. The summed E-state index contributed by atoms with van der Waals surface area (Å²) < 4.78 is 10.9. The van der Waals surface area contributed by atoms with Gasteiger partial charge < -0.3 is 25.0 Å². The van der Waals surface area contributed by atoms with Crippen molar-refractivity contribution in [1.29, 1.82) is 0 Å². The molecule has 2 rings (SSSR count). The molecular formula is C22H33IN4O2. The van der Waals surface area contributed by atoms with E-state index in [0.717, 1.165) is 17.3 Å². The van der Waals surface area contributed by atoms with Gasteiger partial charge in [-0.15, -0.1) is 24.0 Å². The van der Waals surface area contributed by atoms with Gasteiger partial charge in [0.05, 0.1) is 6.61 Å². The quantitative estimate of drug-likeness (QED) is 0.233. The molecule has 2 N–H and O–H groups in total. The number of aliphatic imine (C=N–C) groups is 1. The highest BCUT2D eigenvalue weighted by atomic mass is 127. The second-order valence-corrected chi connectivity index (χ2v) is 6.80. The lowest BCUT2D eigenvalue weighted by atomic mass is 10.1.